The first-order chi connectivity index (χ1) is 5.61. The number of hydrogen-bond acceptors (Lipinski definition) is 4. The molecule has 0 spiro atoms. The first kappa shape index (κ1) is 11.2. The van der Waals surface area contributed by atoms with Gasteiger partial charge in [0.25, 0.3) is 0 Å². The second-order valence-electron chi connectivity index (χ2n) is 1.88. The van der Waals surface area contributed by atoms with Crippen molar-refractivity contribution in [2.24, 2.45) is 0 Å². The average molecular weight is 211 g/mol. The molecular weight excluding hydrogens is 203 g/mol. The molecule has 1 rings (SSSR count). The summed E-state index contributed by atoms with van der Waals surface area (Å²) < 4.78 is 3.19. The fourth-order valence-corrected chi connectivity index (χ4v) is 0.573. The number of phenolic OH excluding ortho intramolecular Hbond substituents is 1. The van der Waals surface area contributed by atoms with Gasteiger partial charge in [0.2, 0.25) is 0 Å². The Hall–Kier alpha value is -0.840. The zero-order chi connectivity index (χ0) is 9.56. The molecule has 0 saturated carbocycles. The molecular formula is C6H8Cl2N2O2. The van der Waals surface area contributed by atoms with Crippen LogP contribution in [0.5, 0.6) is 5.75 Å². The van der Waals surface area contributed by atoms with Gasteiger partial charge in [-0.2, -0.15) is 3.84 Å². The quantitative estimate of drug-likeness (QED) is 0.347. The summed E-state index contributed by atoms with van der Waals surface area (Å²) in [5.41, 5.74) is 11.5. The summed E-state index contributed by atoms with van der Waals surface area (Å²) in [6, 6.07) is 4.56. The van der Waals surface area contributed by atoms with Crippen molar-refractivity contribution in [3.63, 3.8) is 0 Å². The first-order valence-electron chi connectivity index (χ1n) is 2.85. The van der Waals surface area contributed by atoms with Gasteiger partial charge in [0.05, 0.1) is 29.4 Å². The average Bonchev–Trinajstić information content (AvgIpc) is 1.99. The molecule has 0 aliphatic carbocycles. The summed E-state index contributed by atoms with van der Waals surface area (Å²) in [5, 5.41) is 8.86. The van der Waals surface area contributed by atoms with Crippen molar-refractivity contribution in [2.45, 2.75) is 0 Å². The number of nitrogen functional groups attached to an aromatic ring is 2. The summed E-state index contributed by atoms with van der Waals surface area (Å²) in [6.07, 6.45) is 0. The second-order valence-corrected chi connectivity index (χ2v) is 2.34. The minimum atomic E-state index is 0.0733. The van der Waals surface area contributed by atoms with Crippen LogP contribution in [0.4, 0.5) is 11.4 Å². The van der Waals surface area contributed by atoms with Gasteiger partial charge < -0.3 is 16.6 Å². The maximum Gasteiger partial charge on any atom is 0.138 e. The van der Waals surface area contributed by atoms with E-state index in [1.165, 1.54) is 12.1 Å². The van der Waals surface area contributed by atoms with Gasteiger partial charge in [-0.3, -0.25) is 0 Å². The van der Waals surface area contributed by atoms with E-state index >= 15 is 0 Å². The highest BCUT2D eigenvalue weighted by atomic mass is 35.6. The van der Waals surface area contributed by atoms with Gasteiger partial charge in [-0.05, 0) is 18.2 Å². The molecule has 4 nitrogen and oxygen atoms in total. The molecule has 0 bridgehead atoms. The molecule has 0 aliphatic heterocycles. The largest absolute Gasteiger partial charge is 0.506 e. The summed E-state index contributed by atoms with van der Waals surface area (Å²) in [7, 11) is 0. The zero-order valence-corrected chi connectivity index (χ0v) is 7.51. The van der Waals surface area contributed by atoms with E-state index in [4.69, 9.17) is 16.6 Å². The molecule has 68 valence electrons. The van der Waals surface area contributed by atoms with Crippen molar-refractivity contribution < 1.29 is 8.95 Å². The summed E-state index contributed by atoms with van der Waals surface area (Å²) in [5.74, 6) is 0.0733. The predicted molar refractivity (Wildman–Crippen MR) is 49.7 cm³/mol. The summed E-state index contributed by atoms with van der Waals surface area (Å²) >= 11 is 8.53. The van der Waals surface area contributed by atoms with Crippen LogP contribution < -0.4 is 11.5 Å². The van der Waals surface area contributed by atoms with Crippen LogP contribution in [0.15, 0.2) is 18.2 Å². The number of benzene rings is 1. The minimum Gasteiger partial charge on any atom is -0.506 e. The standard InChI is InChI=1S/C6H8N2O.Cl2O/c7-4-1-2-6(9)5(8)3-4;1-3-2/h1-3,9H,7-8H2;. The summed E-state index contributed by atoms with van der Waals surface area (Å²) in [4.78, 5) is 0. The number of hydrogen-bond donors (Lipinski definition) is 3. The molecule has 0 radical (unpaired) electrons. The molecule has 0 aliphatic rings. The fraction of sp³-hybridized carbons (Fsp3) is 0. The minimum absolute atomic E-state index is 0.0733. The number of anilines is 2. The van der Waals surface area contributed by atoms with Crippen molar-refractivity contribution in [3.05, 3.63) is 18.2 Å². The highest BCUT2D eigenvalue weighted by molar-refractivity contribution is 6.24. The molecule has 1 aromatic carbocycles. The van der Waals surface area contributed by atoms with E-state index in [0.717, 1.165) is 0 Å². The highest BCUT2D eigenvalue weighted by Gasteiger charge is 1.93. The Kier molecular flexibility index (Phi) is 5.36. The number of aromatic hydroxyl groups is 1. The van der Waals surface area contributed by atoms with Crippen LogP contribution in [0.3, 0.4) is 0 Å². The third kappa shape index (κ3) is 4.12. The lowest BCUT2D eigenvalue weighted by Gasteiger charge is -1.97. The van der Waals surface area contributed by atoms with Crippen LogP contribution in [0, 0.1) is 0 Å². The van der Waals surface area contributed by atoms with E-state index in [-0.39, 0.29) is 5.75 Å². The highest BCUT2D eigenvalue weighted by Crippen LogP contribution is 2.20. The van der Waals surface area contributed by atoms with E-state index in [2.05, 4.69) is 27.6 Å². The van der Waals surface area contributed by atoms with E-state index in [0.29, 0.717) is 11.4 Å². The monoisotopic (exact) mass is 210 g/mol. The van der Waals surface area contributed by atoms with Crippen LogP contribution >= 0.6 is 23.7 Å². The predicted octanol–water partition coefficient (Wildman–Crippen LogP) is 1.87. The normalized spacial score (nSPS) is 8.50. The van der Waals surface area contributed by atoms with Gasteiger partial charge in [0.15, 0.2) is 0 Å². The van der Waals surface area contributed by atoms with Crippen LogP contribution in [0.2, 0.25) is 0 Å². The number of phenols is 1. The van der Waals surface area contributed by atoms with Crippen LogP contribution in [-0.4, -0.2) is 5.11 Å². The molecule has 0 saturated heterocycles. The van der Waals surface area contributed by atoms with Gasteiger partial charge in [0, 0.05) is 5.69 Å². The maximum absolute atomic E-state index is 8.86. The molecule has 0 atom stereocenters. The van der Waals surface area contributed by atoms with Gasteiger partial charge in [-0.25, -0.2) is 0 Å². The Bertz CT molecular complexity index is 245. The number of halogens is 2. The molecule has 0 amide bonds. The van der Waals surface area contributed by atoms with E-state index in [9.17, 15) is 0 Å². The van der Waals surface area contributed by atoms with Gasteiger partial charge in [0.1, 0.15) is 5.75 Å². The third-order valence-corrected chi connectivity index (χ3v) is 1.05. The second kappa shape index (κ2) is 5.77. The first-order valence-corrected chi connectivity index (χ1v) is 3.46. The lowest BCUT2D eigenvalue weighted by atomic mass is 10.3. The van der Waals surface area contributed by atoms with E-state index in [1.807, 2.05) is 0 Å². The third-order valence-electron chi connectivity index (χ3n) is 1.05. The molecule has 0 heterocycles. The molecule has 0 fully saturated rings. The van der Waals surface area contributed by atoms with E-state index in [1.54, 1.807) is 6.07 Å². The van der Waals surface area contributed by atoms with Crippen molar-refractivity contribution in [1.29, 1.82) is 0 Å². The molecule has 0 aromatic heterocycles. The fourth-order valence-electron chi connectivity index (χ4n) is 0.573. The van der Waals surface area contributed by atoms with Gasteiger partial charge >= 0.3 is 0 Å². The molecule has 1 aromatic rings. The topological polar surface area (TPSA) is 81.5 Å². The SMILES string of the molecule is ClOCl.Nc1ccc(O)c(N)c1. The zero-order valence-electron chi connectivity index (χ0n) is 6.00. The Morgan fingerprint density at radius 2 is 1.75 bits per heavy atom. The molecule has 0 unspecified atom stereocenters. The van der Waals surface area contributed by atoms with Crippen LogP contribution in [-0.2, 0) is 3.84 Å². The molecule has 12 heavy (non-hydrogen) atoms. The van der Waals surface area contributed by atoms with Crippen molar-refractivity contribution in [3.8, 4) is 5.75 Å². The number of nitrogens with two attached hydrogens (primary N) is 2. The van der Waals surface area contributed by atoms with Crippen molar-refractivity contribution >= 4 is 35.1 Å². The molecule has 5 N–H and O–H groups in total. The lowest BCUT2D eigenvalue weighted by molar-refractivity contribution is 0.478. The van der Waals surface area contributed by atoms with Gasteiger partial charge in [-0.15, -0.1) is 0 Å². The van der Waals surface area contributed by atoms with Crippen LogP contribution in [0.1, 0.15) is 0 Å². The smallest absolute Gasteiger partial charge is 0.138 e. The van der Waals surface area contributed by atoms with Crippen molar-refractivity contribution in [2.75, 3.05) is 11.5 Å². The lowest BCUT2D eigenvalue weighted by Crippen LogP contribution is -1.88. The van der Waals surface area contributed by atoms with Gasteiger partial charge in [-0.1, -0.05) is 0 Å². The van der Waals surface area contributed by atoms with E-state index < -0.39 is 0 Å². The maximum atomic E-state index is 8.86. The Morgan fingerprint density at radius 3 is 2.08 bits per heavy atom. The Labute approximate surface area is 80.0 Å². The van der Waals surface area contributed by atoms with Crippen molar-refractivity contribution in [1.82, 2.24) is 0 Å². The Morgan fingerprint density at radius 1 is 1.25 bits per heavy atom. The summed E-state index contributed by atoms with van der Waals surface area (Å²) in [6.45, 7) is 0. The number of rotatable bonds is 0. The Balaban J connectivity index is 0.000000354. The van der Waals surface area contributed by atoms with Crippen LogP contribution in [0.25, 0.3) is 0 Å². The molecule has 6 heteroatoms.